The lowest BCUT2D eigenvalue weighted by atomic mass is 10.1. The van der Waals surface area contributed by atoms with Crippen molar-refractivity contribution in [3.05, 3.63) is 41.1 Å². The molecule has 0 aliphatic rings. The molecule has 5 heteroatoms. The fourth-order valence-electron chi connectivity index (χ4n) is 1.93. The zero-order chi connectivity index (χ0) is 13.3. The number of hydrogen-bond acceptors (Lipinski definition) is 3. The molecule has 2 rings (SSSR count). The molecule has 18 heavy (non-hydrogen) atoms. The highest BCUT2D eigenvalue weighted by atomic mass is 16.2. The number of nitrogens with zero attached hydrogens (tertiary/aromatic N) is 2. The maximum atomic E-state index is 12.4. The minimum Gasteiger partial charge on any atom is -0.382 e. The molecule has 0 unspecified atom stereocenters. The summed E-state index contributed by atoms with van der Waals surface area (Å²) >= 11 is 0. The van der Waals surface area contributed by atoms with Gasteiger partial charge in [0.1, 0.15) is 5.56 Å². The number of aromatic amines is 1. The first kappa shape index (κ1) is 12.2. The quantitative estimate of drug-likeness (QED) is 0.847. The first-order valence-corrected chi connectivity index (χ1v) is 5.66. The monoisotopic (exact) mass is 244 g/mol. The second-order valence-corrected chi connectivity index (χ2v) is 4.26. The molecular weight excluding hydrogens is 228 g/mol. The fourth-order valence-corrected chi connectivity index (χ4v) is 1.93. The number of carbonyl (C=O) groups excluding carboxylic acids is 1. The van der Waals surface area contributed by atoms with Crippen molar-refractivity contribution in [3.8, 4) is 0 Å². The molecule has 0 aliphatic carbocycles. The highest BCUT2D eigenvalue weighted by Gasteiger charge is 2.21. The van der Waals surface area contributed by atoms with Gasteiger partial charge in [0.25, 0.3) is 5.91 Å². The van der Waals surface area contributed by atoms with Gasteiger partial charge in [-0.1, -0.05) is 18.2 Å². The summed E-state index contributed by atoms with van der Waals surface area (Å²) in [5.74, 6) is 0.0750. The number of para-hydroxylation sites is 1. The third-order valence-electron chi connectivity index (χ3n) is 2.97. The van der Waals surface area contributed by atoms with E-state index in [1.54, 1.807) is 18.9 Å². The van der Waals surface area contributed by atoms with Crippen molar-refractivity contribution in [2.75, 3.05) is 17.7 Å². The maximum Gasteiger partial charge on any atom is 0.263 e. The molecule has 0 atom stereocenters. The highest BCUT2D eigenvalue weighted by molar-refractivity contribution is 6.09. The van der Waals surface area contributed by atoms with Gasteiger partial charge in [0.15, 0.2) is 5.82 Å². The lowest BCUT2D eigenvalue weighted by Crippen LogP contribution is -2.27. The number of benzene rings is 1. The number of carbonyl (C=O) groups is 1. The van der Waals surface area contributed by atoms with E-state index in [0.717, 1.165) is 11.3 Å². The number of nitrogens with two attached hydrogens (primary N) is 1. The summed E-state index contributed by atoms with van der Waals surface area (Å²) in [6.07, 6.45) is 0. The molecular formula is C13H16N4O. The number of anilines is 2. The Balaban J connectivity index is 2.39. The van der Waals surface area contributed by atoms with E-state index in [2.05, 4.69) is 10.2 Å². The average Bonchev–Trinajstić information content (AvgIpc) is 2.68. The van der Waals surface area contributed by atoms with Crippen molar-refractivity contribution in [1.82, 2.24) is 10.2 Å². The zero-order valence-corrected chi connectivity index (χ0v) is 10.7. The van der Waals surface area contributed by atoms with Crippen molar-refractivity contribution in [1.29, 1.82) is 0 Å². The normalized spacial score (nSPS) is 10.4. The van der Waals surface area contributed by atoms with E-state index >= 15 is 0 Å². The van der Waals surface area contributed by atoms with Crippen LogP contribution in [0.4, 0.5) is 11.5 Å². The van der Waals surface area contributed by atoms with Crippen LogP contribution in [0.3, 0.4) is 0 Å². The van der Waals surface area contributed by atoms with Gasteiger partial charge in [-0.25, -0.2) is 0 Å². The average molecular weight is 244 g/mol. The largest absolute Gasteiger partial charge is 0.382 e. The molecule has 0 aliphatic heterocycles. The van der Waals surface area contributed by atoms with Crippen molar-refractivity contribution < 1.29 is 4.79 Å². The van der Waals surface area contributed by atoms with Gasteiger partial charge in [0.2, 0.25) is 0 Å². The van der Waals surface area contributed by atoms with Gasteiger partial charge in [0, 0.05) is 18.4 Å². The molecule has 1 heterocycles. The third kappa shape index (κ3) is 1.95. The lowest BCUT2D eigenvalue weighted by molar-refractivity contribution is 0.0993. The Morgan fingerprint density at radius 2 is 2.00 bits per heavy atom. The number of amides is 1. The Morgan fingerprint density at radius 1 is 1.33 bits per heavy atom. The minimum atomic E-state index is -0.159. The van der Waals surface area contributed by atoms with Crippen LogP contribution in [0.25, 0.3) is 0 Å². The van der Waals surface area contributed by atoms with Crippen molar-refractivity contribution in [2.24, 2.45) is 0 Å². The molecule has 2 aromatic rings. The molecule has 0 saturated heterocycles. The molecule has 3 N–H and O–H groups in total. The van der Waals surface area contributed by atoms with Crippen molar-refractivity contribution in [2.45, 2.75) is 13.8 Å². The summed E-state index contributed by atoms with van der Waals surface area (Å²) in [4.78, 5) is 14.0. The molecule has 0 spiro atoms. The van der Waals surface area contributed by atoms with E-state index in [4.69, 9.17) is 5.73 Å². The van der Waals surface area contributed by atoms with E-state index in [-0.39, 0.29) is 11.7 Å². The van der Waals surface area contributed by atoms with Crippen LogP contribution in [0, 0.1) is 13.8 Å². The summed E-state index contributed by atoms with van der Waals surface area (Å²) in [7, 11) is 1.73. The lowest BCUT2D eigenvalue weighted by Gasteiger charge is -2.19. The summed E-state index contributed by atoms with van der Waals surface area (Å²) in [6, 6.07) is 7.70. The van der Waals surface area contributed by atoms with Gasteiger partial charge >= 0.3 is 0 Å². The van der Waals surface area contributed by atoms with Crippen LogP contribution in [0.15, 0.2) is 24.3 Å². The first-order valence-electron chi connectivity index (χ1n) is 5.66. The Morgan fingerprint density at radius 3 is 2.56 bits per heavy atom. The molecule has 5 nitrogen and oxygen atoms in total. The second-order valence-electron chi connectivity index (χ2n) is 4.26. The topological polar surface area (TPSA) is 75.0 Å². The number of rotatable bonds is 2. The highest BCUT2D eigenvalue weighted by Crippen LogP contribution is 2.22. The Bertz CT molecular complexity index is 569. The standard InChI is InChI=1S/C13H16N4O/c1-8-6-4-5-7-10(8)17(3)13(18)11-9(2)15-16-12(11)14/h4-7H,1-3H3,(H3,14,15,16). The summed E-state index contributed by atoms with van der Waals surface area (Å²) in [5, 5.41) is 6.56. The van der Waals surface area contributed by atoms with Gasteiger partial charge in [-0.3, -0.25) is 9.89 Å². The first-order chi connectivity index (χ1) is 8.52. The van der Waals surface area contributed by atoms with Crippen LogP contribution in [-0.2, 0) is 0 Å². The van der Waals surface area contributed by atoms with Gasteiger partial charge in [0.05, 0.1) is 0 Å². The summed E-state index contributed by atoms with van der Waals surface area (Å²) in [6.45, 7) is 3.74. The summed E-state index contributed by atoms with van der Waals surface area (Å²) in [5.41, 5.74) is 8.71. The maximum absolute atomic E-state index is 12.4. The molecule has 0 saturated carbocycles. The van der Waals surface area contributed by atoms with Gasteiger partial charge < -0.3 is 10.6 Å². The summed E-state index contributed by atoms with van der Waals surface area (Å²) < 4.78 is 0. The number of hydrogen-bond donors (Lipinski definition) is 2. The predicted molar refractivity (Wildman–Crippen MR) is 71.6 cm³/mol. The third-order valence-corrected chi connectivity index (χ3v) is 2.97. The van der Waals surface area contributed by atoms with Crippen LogP contribution in [0.5, 0.6) is 0 Å². The number of aromatic nitrogens is 2. The molecule has 1 aromatic heterocycles. The van der Waals surface area contributed by atoms with Crippen LogP contribution in [-0.4, -0.2) is 23.2 Å². The van der Waals surface area contributed by atoms with Crippen LogP contribution >= 0.6 is 0 Å². The SMILES string of the molecule is Cc1ccccc1N(C)C(=O)c1c(N)n[nH]c1C. The number of nitrogens with one attached hydrogen (secondary N) is 1. The predicted octanol–water partition coefficient (Wildman–Crippen LogP) is 1.89. The molecule has 1 amide bonds. The minimum absolute atomic E-state index is 0.159. The molecule has 1 aromatic carbocycles. The Kier molecular flexibility index (Phi) is 3.06. The van der Waals surface area contributed by atoms with Crippen LogP contribution < -0.4 is 10.6 Å². The van der Waals surface area contributed by atoms with Crippen molar-refractivity contribution in [3.63, 3.8) is 0 Å². The van der Waals surface area contributed by atoms with E-state index in [9.17, 15) is 4.79 Å². The van der Waals surface area contributed by atoms with Crippen LogP contribution in [0.2, 0.25) is 0 Å². The van der Waals surface area contributed by atoms with Crippen LogP contribution in [0.1, 0.15) is 21.6 Å². The number of aryl methyl sites for hydroxylation is 2. The molecule has 0 radical (unpaired) electrons. The molecule has 0 fully saturated rings. The van der Waals surface area contributed by atoms with Crippen molar-refractivity contribution >= 4 is 17.4 Å². The van der Waals surface area contributed by atoms with E-state index in [0.29, 0.717) is 11.3 Å². The smallest absolute Gasteiger partial charge is 0.263 e. The van der Waals surface area contributed by atoms with E-state index in [1.165, 1.54) is 0 Å². The Hall–Kier alpha value is -2.30. The number of nitrogen functional groups attached to an aromatic ring is 1. The molecule has 94 valence electrons. The fraction of sp³-hybridized carbons (Fsp3) is 0.231. The van der Waals surface area contributed by atoms with E-state index in [1.807, 2.05) is 31.2 Å². The second kappa shape index (κ2) is 4.52. The van der Waals surface area contributed by atoms with Gasteiger partial charge in [-0.2, -0.15) is 5.10 Å². The van der Waals surface area contributed by atoms with Gasteiger partial charge in [-0.15, -0.1) is 0 Å². The Labute approximate surface area is 106 Å². The van der Waals surface area contributed by atoms with E-state index < -0.39 is 0 Å². The van der Waals surface area contributed by atoms with Gasteiger partial charge in [-0.05, 0) is 25.5 Å². The zero-order valence-electron chi connectivity index (χ0n) is 10.7. The number of H-pyrrole nitrogens is 1. The molecule has 0 bridgehead atoms.